The third-order valence-electron chi connectivity index (χ3n) is 2.02. The summed E-state index contributed by atoms with van der Waals surface area (Å²) in [6, 6.07) is 6.00. The molecule has 0 aliphatic rings. The lowest BCUT2D eigenvalue weighted by molar-refractivity contribution is -0.126. The molecule has 0 aliphatic heterocycles. The molecule has 0 unspecified atom stereocenters. The first-order valence-electron chi connectivity index (χ1n) is 4.83. The molecule has 0 fully saturated rings. The van der Waals surface area contributed by atoms with Gasteiger partial charge in [0.05, 0.1) is 11.3 Å². The number of alkyl halides is 2. The highest BCUT2D eigenvalue weighted by molar-refractivity contribution is 6.04. The molecule has 0 saturated carbocycles. The molecule has 0 atom stereocenters. The molecule has 4 nitrogen and oxygen atoms in total. The van der Waals surface area contributed by atoms with Crippen molar-refractivity contribution in [3.63, 3.8) is 0 Å². The maximum absolute atomic E-state index is 12.1. The largest absolute Gasteiger partial charge is 0.345 e. The van der Waals surface area contributed by atoms with Crippen LogP contribution >= 0.6 is 0 Å². The molecule has 0 bridgehead atoms. The number of carbonyl (C=O) groups excluding carboxylic acids is 2. The van der Waals surface area contributed by atoms with Gasteiger partial charge in [0.25, 0.3) is 11.8 Å². The molecule has 1 aromatic carbocycles. The van der Waals surface area contributed by atoms with Crippen LogP contribution in [0.4, 0.5) is 14.5 Å². The number of carbonyl (C=O) groups is 2. The zero-order valence-electron chi connectivity index (χ0n) is 9.41. The summed E-state index contributed by atoms with van der Waals surface area (Å²) in [6.07, 6.45) is -3.11. The first-order chi connectivity index (χ1) is 7.93. The quantitative estimate of drug-likeness (QED) is 0.875. The highest BCUT2D eigenvalue weighted by Gasteiger charge is 2.19. The van der Waals surface area contributed by atoms with E-state index in [1.807, 2.05) is 5.32 Å². The Hall–Kier alpha value is -1.98. The van der Waals surface area contributed by atoms with Gasteiger partial charge in [-0.1, -0.05) is 12.1 Å². The Labute approximate surface area is 97.2 Å². The molecular formula is C11H12F2N2O2. The zero-order valence-corrected chi connectivity index (χ0v) is 9.41. The van der Waals surface area contributed by atoms with E-state index in [9.17, 15) is 18.4 Å². The van der Waals surface area contributed by atoms with E-state index in [0.717, 1.165) is 0 Å². The minimum atomic E-state index is -3.11. The van der Waals surface area contributed by atoms with Gasteiger partial charge in [-0.3, -0.25) is 9.59 Å². The molecule has 2 amide bonds. The lowest BCUT2D eigenvalue weighted by atomic mass is 10.1. The number of rotatable bonds is 3. The van der Waals surface area contributed by atoms with Crippen LogP contribution in [0.3, 0.4) is 0 Å². The van der Waals surface area contributed by atoms with Crippen LogP contribution in [0.15, 0.2) is 24.3 Å². The summed E-state index contributed by atoms with van der Waals surface area (Å²) in [5.41, 5.74) is 0.253. The van der Waals surface area contributed by atoms with E-state index in [4.69, 9.17) is 0 Å². The van der Waals surface area contributed by atoms with Crippen LogP contribution in [0.5, 0.6) is 0 Å². The normalized spacial score (nSPS) is 10.2. The number of hydrogen-bond acceptors (Lipinski definition) is 2. The lowest BCUT2D eigenvalue weighted by Gasteiger charge is -2.14. The number of para-hydroxylation sites is 1. The van der Waals surface area contributed by atoms with E-state index in [1.165, 1.54) is 31.1 Å². The van der Waals surface area contributed by atoms with Gasteiger partial charge in [-0.2, -0.15) is 8.78 Å². The zero-order chi connectivity index (χ0) is 13.0. The number of nitrogens with zero attached hydrogens (tertiary/aromatic N) is 1. The average Bonchev–Trinajstić information content (AvgIpc) is 2.28. The van der Waals surface area contributed by atoms with Gasteiger partial charge in [0, 0.05) is 14.1 Å². The highest BCUT2D eigenvalue weighted by Crippen LogP contribution is 2.17. The van der Waals surface area contributed by atoms with Crippen molar-refractivity contribution in [3.8, 4) is 0 Å². The molecule has 0 aliphatic carbocycles. The Balaban J connectivity index is 3.00. The van der Waals surface area contributed by atoms with Gasteiger partial charge in [-0.05, 0) is 12.1 Å². The summed E-state index contributed by atoms with van der Waals surface area (Å²) in [5, 5.41) is 2.01. The van der Waals surface area contributed by atoms with E-state index in [1.54, 1.807) is 12.1 Å². The third kappa shape index (κ3) is 3.24. The van der Waals surface area contributed by atoms with Crippen LogP contribution in [0.25, 0.3) is 0 Å². The molecule has 0 heterocycles. The summed E-state index contributed by atoms with van der Waals surface area (Å²) < 4.78 is 24.2. The van der Waals surface area contributed by atoms with Crippen molar-refractivity contribution in [2.75, 3.05) is 19.4 Å². The standard InChI is InChI=1S/C11H12F2N2O2/c1-15(2)11(17)7-5-3-4-6-8(7)14-10(16)9(12)13/h3-6,9H,1-2H3,(H,14,16). The monoisotopic (exact) mass is 242 g/mol. The van der Waals surface area contributed by atoms with E-state index >= 15 is 0 Å². The molecular weight excluding hydrogens is 230 g/mol. The van der Waals surface area contributed by atoms with Gasteiger partial charge < -0.3 is 10.2 Å². The van der Waals surface area contributed by atoms with E-state index in [-0.39, 0.29) is 17.2 Å². The second-order valence-corrected chi connectivity index (χ2v) is 3.54. The van der Waals surface area contributed by atoms with Gasteiger partial charge in [0.15, 0.2) is 0 Å². The van der Waals surface area contributed by atoms with Gasteiger partial charge in [-0.15, -0.1) is 0 Å². The molecule has 17 heavy (non-hydrogen) atoms. The maximum Gasteiger partial charge on any atom is 0.315 e. The molecule has 92 valence electrons. The summed E-state index contributed by atoms with van der Waals surface area (Å²) in [5.74, 6) is -1.79. The third-order valence-corrected chi connectivity index (χ3v) is 2.02. The van der Waals surface area contributed by atoms with Crippen LogP contribution in [0.1, 0.15) is 10.4 Å². The smallest absolute Gasteiger partial charge is 0.315 e. The first-order valence-corrected chi connectivity index (χ1v) is 4.83. The molecule has 0 spiro atoms. The Morgan fingerprint density at radius 3 is 2.35 bits per heavy atom. The summed E-state index contributed by atoms with van der Waals surface area (Å²) in [4.78, 5) is 23.9. The fourth-order valence-electron chi connectivity index (χ4n) is 1.21. The molecule has 1 rings (SSSR count). The number of anilines is 1. The highest BCUT2D eigenvalue weighted by atomic mass is 19.3. The topological polar surface area (TPSA) is 49.4 Å². The van der Waals surface area contributed by atoms with Crippen LogP contribution in [-0.4, -0.2) is 37.2 Å². The van der Waals surface area contributed by atoms with Crippen molar-refractivity contribution in [2.45, 2.75) is 6.43 Å². The second-order valence-electron chi connectivity index (χ2n) is 3.54. The van der Waals surface area contributed by atoms with Crippen LogP contribution in [-0.2, 0) is 4.79 Å². The fourth-order valence-corrected chi connectivity index (χ4v) is 1.21. The molecule has 0 aromatic heterocycles. The number of hydrogen-bond donors (Lipinski definition) is 1. The minimum absolute atomic E-state index is 0.0801. The molecule has 1 aromatic rings. The van der Waals surface area contributed by atoms with Crippen molar-refractivity contribution in [3.05, 3.63) is 29.8 Å². The lowest BCUT2D eigenvalue weighted by Crippen LogP contribution is -2.25. The predicted octanol–water partition coefficient (Wildman–Crippen LogP) is 1.59. The van der Waals surface area contributed by atoms with E-state index in [0.29, 0.717) is 0 Å². The van der Waals surface area contributed by atoms with Crippen LogP contribution in [0, 0.1) is 0 Å². The number of benzene rings is 1. The van der Waals surface area contributed by atoms with E-state index in [2.05, 4.69) is 0 Å². The number of amides is 2. The summed E-state index contributed by atoms with van der Waals surface area (Å²) in [7, 11) is 3.07. The van der Waals surface area contributed by atoms with Crippen LogP contribution < -0.4 is 5.32 Å². The molecule has 1 N–H and O–H groups in total. The Morgan fingerprint density at radius 1 is 1.24 bits per heavy atom. The van der Waals surface area contributed by atoms with Gasteiger partial charge in [0.1, 0.15) is 0 Å². The fraction of sp³-hybridized carbons (Fsp3) is 0.273. The Bertz CT molecular complexity index is 433. The van der Waals surface area contributed by atoms with Gasteiger partial charge in [-0.25, -0.2) is 0 Å². The summed E-state index contributed by atoms with van der Waals surface area (Å²) in [6.45, 7) is 0. The predicted molar refractivity (Wildman–Crippen MR) is 59.1 cm³/mol. The first kappa shape index (κ1) is 13.1. The van der Waals surface area contributed by atoms with Crippen molar-refractivity contribution in [1.29, 1.82) is 0 Å². The molecule has 6 heteroatoms. The SMILES string of the molecule is CN(C)C(=O)c1ccccc1NC(=O)C(F)F. The van der Waals surface area contributed by atoms with Crippen molar-refractivity contribution in [1.82, 2.24) is 4.90 Å². The van der Waals surface area contributed by atoms with Crippen molar-refractivity contribution >= 4 is 17.5 Å². The summed E-state index contributed by atoms with van der Waals surface area (Å²) >= 11 is 0. The Morgan fingerprint density at radius 2 is 1.82 bits per heavy atom. The maximum atomic E-state index is 12.1. The number of nitrogens with one attached hydrogen (secondary N) is 1. The van der Waals surface area contributed by atoms with Gasteiger partial charge >= 0.3 is 6.43 Å². The van der Waals surface area contributed by atoms with Crippen molar-refractivity contribution < 1.29 is 18.4 Å². The second kappa shape index (κ2) is 5.38. The van der Waals surface area contributed by atoms with E-state index < -0.39 is 12.3 Å². The van der Waals surface area contributed by atoms with Crippen molar-refractivity contribution in [2.24, 2.45) is 0 Å². The van der Waals surface area contributed by atoms with Gasteiger partial charge in [0.2, 0.25) is 0 Å². The molecule has 0 saturated heterocycles. The average molecular weight is 242 g/mol. The Kier molecular flexibility index (Phi) is 4.14. The number of halogens is 2. The molecule has 0 radical (unpaired) electrons. The minimum Gasteiger partial charge on any atom is -0.345 e. The van der Waals surface area contributed by atoms with Crippen LogP contribution in [0.2, 0.25) is 0 Å².